The lowest BCUT2D eigenvalue weighted by Gasteiger charge is -2.13. The third-order valence-corrected chi connectivity index (χ3v) is 7.88. The van der Waals surface area contributed by atoms with Gasteiger partial charge in [-0.3, -0.25) is 9.71 Å². The highest BCUT2D eigenvalue weighted by Crippen LogP contribution is 2.38. The van der Waals surface area contributed by atoms with Gasteiger partial charge in [0.2, 0.25) is 0 Å². The number of rotatable bonds is 7. The Hall–Kier alpha value is -3.89. The average Bonchev–Trinajstić information content (AvgIpc) is 3.30. The number of aromatic nitrogens is 1. The van der Waals surface area contributed by atoms with Crippen LogP contribution in [0.4, 0.5) is 10.1 Å². The molecule has 0 saturated heterocycles. The van der Waals surface area contributed by atoms with Crippen molar-refractivity contribution in [2.45, 2.75) is 4.90 Å². The summed E-state index contributed by atoms with van der Waals surface area (Å²) in [7, 11) is -0.873. The highest BCUT2D eigenvalue weighted by molar-refractivity contribution is 7.93. The Labute approximate surface area is 204 Å². The van der Waals surface area contributed by atoms with Crippen LogP contribution in [0.5, 0.6) is 23.0 Å². The first-order valence-corrected chi connectivity index (χ1v) is 12.7. The second-order valence-corrected chi connectivity index (χ2v) is 10.0. The number of nitrogens with zero attached hydrogens (tertiary/aromatic N) is 1. The fraction of sp³-hybridized carbons (Fsp3) is 0.0800. The summed E-state index contributed by atoms with van der Waals surface area (Å²) < 4.78 is 60.6. The monoisotopic (exact) mass is 510 g/mol. The van der Waals surface area contributed by atoms with E-state index in [0.29, 0.717) is 33.5 Å². The number of nitrogens with one attached hydrogen (secondary N) is 1. The summed E-state index contributed by atoms with van der Waals surface area (Å²) in [6, 6.07) is 16.1. The van der Waals surface area contributed by atoms with Crippen LogP contribution in [-0.2, 0) is 10.0 Å². The zero-order chi connectivity index (χ0) is 24.6. The normalized spacial score (nSPS) is 11.5. The lowest BCUT2D eigenvalue weighted by molar-refractivity contribution is 0.355. The van der Waals surface area contributed by atoms with Crippen molar-refractivity contribution in [1.82, 2.24) is 4.98 Å². The van der Waals surface area contributed by atoms with Crippen molar-refractivity contribution in [2.75, 3.05) is 18.9 Å². The fourth-order valence-corrected chi connectivity index (χ4v) is 6.23. The van der Waals surface area contributed by atoms with Gasteiger partial charge in [-0.25, -0.2) is 12.8 Å². The molecule has 0 radical (unpaired) electrons. The zero-order valence-electron chi connectivity index (χ0n) is 18.6. The van der Waals surface area contributed by atoms with Crippen molar-refractivity contribution in [2.24, 2.45) is 0 Å². The molecule has 0 bridgehead atoms. The van der Waals surface area contributed by atoms with E-state index in [2.05, 4.69) is 9.71 Å². The lowest BCUT2D eigenvalue weighted by atomic mass is 10.2. The number of halogens is 1. The van der Waals surface area contributed by atoms with Gasteiger partial charge in [0.25, 0.3) is 10.0 Å². The molecule has 0 fully saturated rings. The molecule has 2 aromatic heterocycles. The van der Waals surface area contributed by atoms with Gasteiger partial charge in [-0.1, -0.05) is 18.2 Å². The predicted octanol–water partition coefficient (Wildman–Crippen LogP) is 6.20. The molecule has 0 unspecified atom stereocenters. The summed E-state index contributed by atoms with van der Waals surface area (Å²) in [6.45, 7) is 0. The van der Waals surface area contributed by atoms with Crippen LogP contribution in [0.3, 0.4) is 0 Å². The van der Waals surface area contributed by atoms with E-state index in [1.54, 1.807) is 35.7 Å². The first-order chi connectivity index (χ1) is 16.9. The smallest absolute Gasteiger partial charge is 0.263 e. The minimum absolute atomic E-state index is 0.0729. The molecule has 0 atom stereocenters. The number of ether oxygens (including phenoxy) is 3. The van der Waals surface area contributed by atoms with Crippen molar-refractivity contribution in [3.63, 3.8) is 0 Å². The largest absolute Gasteiger partial charge is 0.493 e. The van der Waals surface area contributed by atoms with E-state index in [0.717, 1.165) is 10.8 Å². The molecule has 5 rings (SSSR count). The molecule has 2 heterocycles. The number of benzene rings is 3. The van der Waals surface area contributed by atoms with Crippen LogP contribution in [0.25, 0.3) is 21.0 Å². The van der Waals surface area contributed by atoms with Crippen LogP contribution >= 0.6 is 11.3 Å². The summed E-state index contributed by atoms with van der Waals surface area (Å²) in [5, 5.41) is 2.78. The molecule has 10 heteroatoms. The quantitative estimate of drug-likeness (QED) is 0.281. The average molecular weight is 511 g/mol. The second-order valence-electron chi connectivity index (χ2n) is 7.48. The third-order valence-electron chi connectivity index (χ3n) is 5.35. The molecule has 0 aliphatic heterocycles. The molecule has 178 valence electrons. The predicted molar refractivity (Wildman–Crippen MR) is 134 cm³/mol. The van der Waals surface area contributed by atoms with Crippen LogP contribution in [0.15, 0.2) is 77.1 Å². The minimum atomic E-state index is -3.91. The van der Waals surface area contributed by atoms with E-state index >= 15 is 0 Å². The van der Waals surface area contributed by atoms with E-state index in [1.165, 1.54) is 43.9 Å². The number of anilines is 1. The SMILES string of the molecule is COc1cc2nccc(Oc3ccc(NS(=O)(=O)c4csc5ccccc45)cc3F)c2cc1OC. The zero-order valence-corrected chi connectivity index (χ0v) is 20.2. The molecule has 0 aliphatic rings. The van der Waals surface area contributed by atoms with Gasteiger partial charge < -0.3 is 14.2 Å². The summed E-state index contributed by atoms with van der Waals surface area (Å²) in [6.07, 6.45) is 1.54. The van der Waals surface area contributed by atoms with Crippen LogP contribution in [0.2, 0.25) is 0 Å². The van der Waals surface area contributed by atoms with Gasteiger partial charge in [0.05, 0.1) is 25.4 Å². The molecule has 0 amide bonds. The Kier molecular flexibility index (Phi) is 5.91. The topological polar surface area (TPSA) is 86.8 Å². The Morgan fingerprint density at radius 2 is 1.66 bits per heavy atom. The van der Waals surface area contributed by atoms with Gasteiger partial charge in [-0.05, 0) is 30.3 Å². The highest BCUT2D eigenvalue weighted by atomic mass is 32.2. The van der Waals surface area contributed by atoms with Gasteiger partial charge in [-0.2, -0.15) is 0 Å². The van der Waals surface area contributed by atoms with Gasteiger partial charge in [0, 0.05) is 39.2 Å². The third kappa shape index (κ3) is 4.33. The molecule has 1 N–H and O–H groups in total. The van der Waals surface area contributed by atoms with E-state index < -0.39 is 15.8 Å². The van der Waals surface area contributed by atoms with Crippen molar-refractivity contribution >= 4 is 48.0 Å². The molecule has 5 aromatic rings. The van der Waals surface area contributed by atoms with Crippen LogP contribution in [0.1, 0.15) is 0 Å². The van der Waals surface area contributed by atoms with Gasteiger partial charge >= 0.3 is 0 Å². The number of hydrogen-bond donors (Lipinski definition) is 1. The Balaban J connectivity index is 1.43. The van der Waals surface area contributed by atoms with E-state index in [9.17, 15) is 12.8 Å². The molecular formula is C25H19FN2O5S2. The van der Waals surface area contributed by atoms with Gasteiger partial charge in [-0.15, -0.1) is 11.3 Å². The maximum absolute atomic E-state index is 15.0. The number of pyridine rings is 1. The molecule has 0 aliphatic carbocycles. The standard InChI is InChI=1S/C25H19FN2O5S2/c1-31-22-12-17-19(13-23(22)32-2)27-10-9-20(17)33-21-8-7-15(11-18(21)26)28-35(29,30)25-14-34-24-6-4-3-5-16(24)25/h3-14,28H,1-2H3. The molecule has 7 nitrogen and oxygen atoms in total. The van der Waals surface area contributed by atoms with Gasteiger partial charge in [0.15, 0.2) is 23.1 Å². The van der Waals surface area contributed by atoms with Crippen molar-refractivity contribution < 1.29 is 27.0 Å². The second kappa shape index (κ2) is 9.05. The van der Waals surface area contributed by atoms with E-state index in [-0.39, 0.29) is 16.3 Å². The number of thiophene rings is 1. The fourth-order valence-electron chi connectivity index (χ4n) is 3.67. The Bertz CT molecular complexity index is 1670. The van der Waals surface area contributed by atoms with Crippen molar-refractivity contribution in [3.05, 3.63) is 78.1 Å². The first kappa shape index (κ1) is 22.9. The van der Waals surface area contributed by atoms with Crippen LogP contribution in [0, 0.1) is 5.82 Å². The molecule has 0 spiro atoms. The number of methoxy groups -OCH3 is 2. The molecule has 3 aromatic carbocycles. The Morgan fingerprint density at radius 3 is 2.43 bits per heavy atom. The number of sulfonamides is 1. The molecular weight excluding hydrogens is 491 g/mol. The first-order valence-electron chi connectivity index (χ1n) is 10.4. The molecule has 0 saturated carbocycles. The van der Waals surface area contributed by atoms with Crippen LogP contribution < -0.4 is 18.9 Å². The summed E-state index contributed by atoms with van der Waals surface area (Å²) in [4.78, 5) is 4.45. The number of hydrogen-bond acceptors (Lipinski definition) is 7. The highest BCUT2D eigenvalue weighted by Gasteiger charge is 2.20. The van der Waals surface area contributed by atoms with Crippen LogP contribution in [-0.4, -0.2) is 27.6 Å². The lowest BCUT2D eigenvalue weighted by Crippen LogP contribution is -2.12. The van der Waals surface area contributed by atoms with E-state index in [4.69, 9.17) is 14.2 Å². The summed E-state index contributed by atoms with van der Waals surface area (Å²) >= 11 is 1.33. The van der Waals surface area contributed by atoms with Crippen molar-refractivity contribution in [3.8, 4) is 23.0 Å². The van der Waals surface area contributed by atoms with E-state index in [1.807, 2.05) is 12.1 Å². The van der Waals surface area contributed by atoms with Crippen molar-refractivity contribution in [1.29, 1.82) is 0 Å². The number of fused-ring (bicyclic) bond motifs is 2. The maximum Gasteiger partial charge on any atom is 0.263 e. The Morgan fingerprint density at radius 1 is 0.886 bits per heavy atom. The summed E-state index contributed by atoms with van der Waals surface area (Å²) in [5.74, 6) is 0.532. The summed E-state index contributed by atoms with van der Waals surface area (Å²) in [5.41, 5.74) is 0.657. The minimum Gasteiger partial charge on any atom is -0.493 e. The van der Waals surface area contributed by atoms with Gasteiger partial charge in [0.1, 0.15) is 10.6 Å². The molecule has 35 heavy (non-hydrogen) atoms. The maximum atomic E-state index is 15.0.